The second-order valence-corrected chi connectivity index (χ2v) is 7.62. The van der Waals surface area contributed by atoms with Crippen molar-refractivity contribution in [3.05, 3.63) is 50.7 Å². The van der Waals surface area contributed by atoms with E-state index in [0.29, 0.717) is 26.8 Å². The zero-order chi connectivity index (χ0) is 21.1. The van der Waals surface area contributed by atoms with Crippen molar-refractivity contribution in [2.45, 2.75) is 6.54 Å². The standard InChI is InChI=1S/C19H16Cl2N2O5S/c1-26-14-7-13-16(8-15(14)27-2)29-19(23(13)9-17(24)28-3)22-18(25)11-6-10(20)4-5-12(11)21/h4-8H,9H2,1-3H3. The lowest BCUT2D eigenvalue weighted by molar-refractivity contribution is -0.141. The second-order valence-electron chi connectivity index (χ2n) is 5.76. The lowest BCUT2D eigenvalue weighted by Gasteiger charge is -2.09. The molecule has 0 aliphatic carbocycles. The first-order valence-electron chi connectivity index (χ1n) is 8.24. The minimum atomic E-state index is -0.582. The second kappa shape index (κ2) is 8.86. The average molecular weight is 455 g/mol. The number of esters is 1. The summed E-state index contributed by atoms with van der Waals surface area (Å²) in [6.45, 7) is -0.138. The fourth-order valence-corrected chi connectivity index (χ4v) is 4.05. The number of halogens is 2. The third kappa shape index (κ3) is 4.39. The Labute approximate surface area is 180 Å². The van der Waals surface area contributed by atoms with E-state index in [9.17, 15) is 9.59 Å². The van der Waals surface area contributed by atoms with Crippen molar-refractivity contribution in [1.82, 2.24) is 4.57 Å². The van der Waals surface area contributed by atoms with Gasteiger partial charge in [-0.25, -0.2) is 0 Å². The molecule has 0 radical (unpaired) electrons. The number of nitrogens with zero attached hydrogens (tertiary/aromatic N) is 2. The summed E-state index contributed by atoms with van der Waals surface area (Å²) in [7, 11) is 4.32. The van der Waals surface area contributed by atoms with Crippen LogP contribution in [0.5, 0.6) is 11.5 Å². The van der Waals surface area contributed by atoms with Gasteiger partial charge < -0.3 is 18.8 Å². The van der Waals surface area contributed by atoms with Gasteiger partial charge in [0.25, 0.3) is 5.91 Å². The van der Waals surface area contributed by atoms with Gasteiger partial charge in [0.2, 0.25) is 0 Å². The first-order valence-corrected chi connectivity index (χ1v) is 9.81. The molecule has 0 N–H and O–H groups in total. The molecule has 0 aliphatic heterocycles. The molecule has 1 amide bonds. The third-order valence-corrected chi connectivity index (χ3v) is 5.66. The number of benzene rings is 2. The molecule has 1 heterocycles. The summed E-state index contributed by atoms with van der Waals surface area (Å²) in [5.74, 6) is -0.0785. The first-order chi connectivity index (χ1) is 13.9. The maximum atomic E-state index is 12.7. The Balaban J connectivity index is 2.23. The molecular weight excluding hydrogens is 439 g/mol. The number of hydrogen-bond donors (Lipinski definition) is 0. The van der Waals surface area contributed by atoms with Gasteiger partial charge in [0.05, 0.1) is 42.1 Å². The van der Waals surface area contributed by atoms with E-state index in [2.05, 4.69) is 4.99 Å². The van der Waals surface area contributed by atoms with Crippen molar-refractivity contribution >= 4 is 56.6 Å². The van der Waals surface area contributed by atoms with Crippen LogP contribution in [0.3, 0.4) is 0 Å². The summed E-state index contributed by atoms with van der Waals surface area (Å²) in [4.78, 5) is 29.2. The Bertz CT molecular complexity index is 1170. The summed E-state index contributed by atoms with van der Waals surface area (Å²) in [5, 5.41) is 0.591. The van der Waals surface area contributed by atoms with E-state index in [1.807, 2.05) is 0 Å². The number of methoxy groups -OCH3 is 3. The zero-order valence-corrected chi connectivity index (χ0v) is 18.0. The first kappa shape index (κ1) is 21.2. The predicted molar refractivity (Wildman–Crippen MR) is 111 cm³/mol. The van der Waals surface area contributed by atoms with Gasteiger partial charge in [0, 0.05) is 17.2 Å². The van der Waals surface area contributed by atoms with Crippen LogP contribution in [-0.4, -0.2) is 37.8 Å². The van der Waals surface area contributed by atoms with E-state index < -0.39 is 11.9 Å². The molecule has 0 fully saturated rings. The highest BCUT2D eigenvalue weighted by molar-refractivity contribution is 7.16. The van der Waals surface area contributed by atoms with Gasteiger partial charge in [-0.1, -0.05) is 34.5 Å². The molecule has 0 bridgehead atoms. The molecule has 0 atom stereocenters. The number of ether oxygens (including phenoxy) is 3. The molecule has 29 heavy (non-hydrogen) atoms. The topological polar surface area (TPSA) is 79.1 Å². The summed E-state index contributed by atoms with van der Waals surface area (Å²) < 4.78 is 17.8. The Hall–Kier alpha value is -2.55. The molecule has 0 saturated carbocycles. The van der Waals surface area contributed by atoms with E-state index in [-0.39, 0.29) is 17.1 Å². The van der Waals surface area contributed by atoms with E-state index in [0.717, 1.165) is 4.70 Å². The summed E-state index contributed by atoms with van der Waals surface area (Å²) in [6, 6.07) is 8.01. The van der Waals surface area contributed by atoms with Crippen LogP contribution in [0.4, 0.5) is 0 Å². The molecule has 3 rings (SSSR count). The SMILES string of the molecule is COC(=O)Cn1c(=NC(=O)c2cc(Cl)ccc2Cl)sc2cc(OC)c(OC)cc21. The molecule has 0 saturated heterocycles. The number of aromatic nitrogens is 1. The van der Waals surface area contributed by atoms with Crippen molar-refractivity contribution < 1.29 is 23.8 Å². The van der Waals surface area contributed by atoms with Crippen LogP contribution in [0.25, 0.3) is 10.2 Å². The van der Waals surface area contributed by atoms with Crippen LogP contribution in [-0.2, 0) is 16.1 Å². The quantitative estimate of drug-likeness (QED) is 0.545. The van der Waals surface area contributed by atoms with Gasteiger partial charge in [0.15, 0.2) is 16.3 Å². The molecule has 1 aromatic heterocycles. The van der Waals surface area contributed by atoms with Crippen molar-refractivity contribution in [3.63, 3.8) is 0 Å². The van der Waals surface area contributed by atoms with Crippen LogP contribution in [0, 0.1) is 0 Å². The Kier molecular flexibility index (Phi) is 6.46. The fourth-order valence-electron chi connectivity index (χ4n) is 2.64. The van der Waals surface area contributed by atoms with Gasteiger partial charge in [-0.3, -0.25) is 9.59 Å². The normalized spacial score (nSPS) is 11.6. The molecule has 3 aromatic rings. The number of carbonyl (C=O) groups excluding carboxylic acids is 2. The molecule has 10 heteroatoms. The minimum absolute atomic E-state index is 0.138. The smallest absolute Gasteiger partial charge is 0.325 e. The molecule has 0 spiro atoms. The minimum Gasteiger partial charge on any atom is -0.493 e. The number of carbonyl (C=O) groups is 2. The lowest BCUT2D eigenvalue weighted by Crippen LogP contribution is -2.22. The summed E-state index contributed by atoms with van der Waals surface area (Å²) in [6.07, 6.45) is 0. The van der Waals surface area contributed by atoms with E-state index >= 15 is 0 Å². The van der Waals surface area contributed by atoms with Gasteiger partial charge in [0.1, 0.15) is 6.54 Å². The number of rotatable bonds is 5. The number of thiazole rings is 1. The van der Waals surface area contributed by atoms with Crippen LogP contribution in [0.1, 0.15) is 10.4 Å². The summed E-state index contributed by atoms with van der Waals surface area (Å²) in [5.41, 5.74) is 0.804. The van der Waals surface area contributed by atoms with Crippen molar-refractivity contribution in [1.29, 1.82) is 0 Å². The van der Waals surface area contributed by atoms with Crippen LogP contribution < -0.4 is 14.3 Å². The zero-order valence-electron chi connectivity index (χ0n) is 15.7. The highest BCUT2D eigenvalue weighted by Gasteiger charge is 2.17. The maximum Gasteiger partial charge on any atom is 0.325 e. The predicted octanol–water partition coefficient (Wildman–Crippen LogP) is 3.94. The van der Waals surface area contributed by atoms with Crippen molar-refractivity contribution in [2.24, 2.45) is 4.99 Å². The largest absolute Gasteiger partial charge is 0.493 e. The highest BCUT2D eigenvalue weighted by Crippen LogP contribution is 2.33. The average Bonchev–Trinajstić information content (AvgIpc) is 3.04. The number of fused-ring (bicyclic) bond motifs is 1. The molecule has 152 valence electrons. The van der Waals surface area contributed by atoms with Crippen molar-refractivity contribution in [3.8, 4) is 11.5 Å². The van der Waals surface area contributed by atoms with Crippen LogP contribution >= 0.6 is 34.5 Å². The van der Waals surface area contributed by atoms with Crippen LogP contribution in [0.2, 0.25) is 10.0 Å². The molecular formula is C19H16Cl2N2O5S. The lowest BCUT2D eigenvalue weighted by atomic mass is 10.2. The number of hydrogen-bond acceptors (Lipinski definition) is 6. The Morgan fingerprint density at radius 1 is 1.07 bits per heavy atom. The van der Waals surface area contributed by atoms with E-state index in [4.69, 9.17) is 37.4 Å². The van der Waals surface area contributed by atoms with Gasteiger partial charge in [-0.2, -0.15) is 4.99 Å². The number of amides is 1. The molecule has 0 unspecified atom stereocenters. The summed E-state index contributed by atoms with van der Waals surface area (Å²) >= 11 is 13.3. The van der Waals surface area contributed by atoms with Gasteiger partial charge >= 0.3 is 5.97 Å². The van der Waals surface area contributed by atoms with Crippen LogP contribution in [0.15, 0.2) is 35.3 Å². The molecule has 2 aromatic carbocycles. The van der Waals surface area contributed by atoms with Crippen molar-refractivity contribution in [2.75, 3.05) is 21.3 Å². The Morgan fingerprint density at radius 2 is 1.76 bits per heavy atom. The van der Waals surface area contributed by atoms with Gasteiger partial charge in [-0.15, -0.1) is 0 Å². The third-order valence-electron chi connectivity index (χ3n) is 4.06. The highest BCUT2D eigenvalue weighted by atomic mass is 35.5. The maximum absolute atomic E-state index is 12.7. The fraction of sp³-hybridized carbons (Fsp3) is 0.211. The monoisotopic (exact) mass is 454 g/mol. The molecule has 0 aliphatic rings. The van der Waals surface area contributed by atoms with E-state index in [1.54, 1.807) is 22.8 Å². The Morgan fingerprint density at radius 3 is 2.41 bits per heavy atom. The van der Waals surface area contributed by atoms with Gasteiger partial charge in [-0.05, 0) is 18.2 Å². The van der Waals surface area contributed by atoms with E-state index in [1.165, 1.54) is 44.8 Å². The molecule has 7 nitrogen and oxygen atoms in total.